The Morgan fingerprint density at radius 1 is 1.22 bits per heavy atom. The predicted molar refractivity (Wildman–Crippen MR) is 84.7 cm³/mol. The maximum atomic E-state index is 5.33. The topological polar surface area (TPSA) is 69.2 Å². The van der Waals surface area contributed by atoms with Crippen molar-refractivity contribution in [1.29, 1.82) is 0 Å². The molecule has 2 heterocycles. The molecule has 3 rings (SSSR count). The van der Waals surface area contributed by atoms with Crippen molar-refractivity contribution in [3.05, 3.63) is 48.0 Å². The molecule has 3 aromatic rings. The summed E-state index contributed by atoms with van der Waals surface area (Å²) in [5.41, 5.74) is 2.02. The SMILES string of the molecule is COc1ccc(-c2nc(CN(C)Cc3cnn(C)c3)no2)cc1. The lowest BCUT2D eigenvalue weighted by molar-refractivity contribution is 0.302. The molecule has 0 aliphatic carbocycles. The van der Waals surface area contributed by atoms with Gasteiger partial charge in [-0.1, -0.05) is 5.16 Å². The zero-order valence-corrected chi connectivity index (χ0v) is 13.4. The van der Waals surface area contributed by atoms with Crippen molar-refractivity contribution >= 4 is 0 Å². The molecule has 0 bridgehead atoms. The molecule has 0 radical (unpaired) electrons. The Balaban J connectivity index is 1.64. The monoisotopic (exact) mass is 313 g/mol. The molecule has 0 saturated heterocycles. The molecular weight excluding hydrogens is 294 g/mol. The normalized spacial score (nSPS) is 11.1. The van der Waals surface area contributed by atoms with Crippen molar-refractivity contribution in [2.24, 2.45) is 7.05 Å². The van der Waals surface area contributed by atoms with E-state index in [0.29, 0.717) is 18.3 Å². The number of rotatable bonds is 6. The Morgan fingerprint density at radius 3 is 2.65 bits per heavy atom. The third-order valence-electron chi connectivity index (χ3n) is 3.43. The van der Waals surface area contributed by atoms with E-state index in [1.165, 1.54) is 0 Å². The average molecular weight is 313 g/mol. The smallest absolute Gasteiger partial charge is 0.257 e. The molecule has 0 aliphatic rings. The van der Waals surface area contributed by atoms with Gasteiger partial charge in [0, 0.05) is 30.9 Å². The van der Waals surface area contributed by atoms with E-state index in [1.807, 2.05) is 50.8 Å². The summed E-state index contributed by atoms with van der Waals surface area (Å²) in [4.78, 5) is 6.55. The second-order valence-corrected chi connectivity index (χ2v) is 5.44. The molecule has 0 aliphatic heterocycles. The Morgan fingerprint density at radius 2 is 2.00 bits per heavy atom. The minimum Gasteiger partial charge on any atom is -0.497 e. The predicted octanol–water partition coefficient (Wildman–Crippen LogP) is 2.11. The van der Waals surface area contributed by atoms with Gasteiger partial charge in [0.15, 0.2) is 5.82 Å². The highest BCUT2D eigenvalue weighted by Gasteiger charge is 2.11. The summed E-state index contributed by atoms with van der Waals surface area (Å²) in [6.07, 6.45) is 3.85. The van der Waals surface area contributed by atoms with E-state index < -0.39 is 0 Å². The van der Waals surface area contributed by atoms with E-state index in [2.05, 4.69) is 20.1 Å². The Kier molecular flexibility index (Phi) is 4.38. The van der Waals surface area contributed by atoms with E-state index >= 15 is 0 Å². The third-order valence-corrected chi connectivity index (χ3v) is 3.43. The second kappa shape index (κ2) is 6.62. The summed E-state index contributed by atoms with van der Waals surface area (Å²) < 4.78 is 12.3. The van der Waals surface area contributed by atoms with Gasteiger partial charge >= 0.3 is 0 Å². The standard InChI is InChI=1S/C16H19N5O2/c1-20(9-12-8-17-21(2)10-12)11-15-18-16(23-19-15)13-4-6-14(22-3)7-5-13/h4-8,10H,9,11H2,1-3H3. The lowest BCUT2D eigenvalue weighted by atomic mass is 10.2. The van der Waals surface area contributed by atoms with E-state index in [9.17, 15) is 0 Å². The van der Waals surface area contributed by atoms with Crippen LogP contribution in [-0.4, -0.2) is 39.0 Å². The van der Waals surface area contributed by atoms with Crippen LogP contribution in [0.5, 0.6) is 5.75 Å². The highest BCUT2D eigenvalue weighted by atomic mass is 16.5. The summed E-state index contributed by atoms with van der Waals surface area (Å²) in [6, 6.07) is 7.53. The molecule has 0 N–H and O–H groups in total. The van der Waals surface area contributed by atoms with Gasteiger partial charge in [-0.15, -0.1) is 0 Å². The number of ether oxygens (including phenoxy) is 1. The first-order valence-corrected chi connectivity index (χ1v) is 7.27. The molecule has 0 saturated carbocycles. The molecule has 0 amide bonds. The Bertz CT molecular complexity index is 763. The van der Waals surface area contributed by atoms with Crippen LogP contribution in [0.1, 0.15) is 11.4 Å². The van der Waals surface area contributed by atoms with Gasteiger partial charge in [-0.05, 0) is 31.3 Å². The van der Waals surface area contributed by atoms with Gasteiger partial charge in [-0.2, -0.15) is 10.1 Å². The minimum absolute atomic E-state index is 0.512. The lowest BCUT2D eigenvalue weighted by Gasteiger charge is -2.12. The fourth-order valence-corrected chi connectivity index (χ4v) is 2.33. The number of hydrogen-bond donors (Lipinski definition) is 0. The maximum absolute atomic E-state index is 5.33. The highest BCUT2D eigenvalue weighted by molar-refractivity contribution is 5.54. The summed E-state index contributed by atoms with van der Waals surface area (Å²) >= 11 is 0. The fourth-order valence-electron chi connectivity index (χ4n) is 2.33. The van der Waals surface area contributed by atoms with Crippen molar-refractivity contribution in [1.82, 2.24) is 24.8 Å². The quantitative estimate of drug-likeness (QED) is 0.694. The summed E-state index contributed by atoms with van der Waals surface area (Å²) in [5.74, 6) is 1.96. The molecular formula is C16H19N5O2. The molecule has 0 fully saturated rings. The van der Waals surface area contributed by atoms with Gasteiger partial charge in [0.2, 0.25) is 0 Å². The first-order valence-electron chi connectivity index (χ1n) is 7.27. The number of benzene rings is 1. The molecule has 23 heavy (non-hydrogen) atoms. The summed E-state index contributed by atoms with van der Waals surface area (Å²) in [6.45, 7) is 1.38. The van der Waals surface area contributed by atoms with Crippen LogP contribution in [0.4, 0.5) is 0 Å². The first kappa shape index (κ1) is 15.2. The minimum atomic E-state index is 0.512. The van der Waals surface area contributed by atoms with E-state index in [-0.39, 0.29) is 0 Å². The first-order chi connectivity index (χ1) is 11.1. The number of methoxy groups -OCH3 is 1. The lowest BCUT2D eigenvalue weighted by Crippen LogP contribution is -2.17. The largest absolute Gasteiger partial charge is 0.497 e. The van der Waals surface area contributed by atoms with Crippen molar-refractivity contribution in [2.45, 2.75) is 13.1 Å². The van der Waals surface area contributed by atoms with Crippen molar-refractivity contribution in [3.8, 4) is 17.2 Å². The maximum Gasteiger partial charge on any atom is 0.257 e. The van der Waals surface area contributed by atoms with Gasteiger partial charge in [-0.3, -0.25) is 9.58 Å². The third kappa shape index (κ3) is 3.75. The van der Waals surface area contributed by atoms with Crippen LogP contribution in [0.25, 0.3) is 11.5 Å². The van der Waals surface area contributed by atoms with Crippen LogP contribution in [0.3, 0.4) is 0 Å². The Labute approximate surface area is 134 Å². The molecule has 1 aromatic carbocycles. The second-order valence-electron chi connectivity index (χ2n) is 5.44. The number of hydrogen-bond acceptors (Lipinski definition) is 6. The Hall–Kier alpha value is -2.67. The number of nitrogens with zero attached hydrogens (tertiary/aromatic N) is 5. The van der Waals surface area contributed by atoms with Gasteiger partial charge in [0.1, 0.15) is 5.75 Å². The van der Waals surface area contributed by atoms with Gasteiger partial charge in [0.25, 0.3) is 5.89 Å². The summed E-state index contributed by atoms with van der Waals surface area (Å²) in [7, 11) is 5.55. The molecule has 7 nitrogen and oxygen atoms in total. The zero-order chi connectivity index (χ0) is 16.2. The van der Waals surface area contributed by atoms with Gasteiger partial charge in [-0.25, -0.2) is 0 Å². The van der Waals surface area contributed by atoms with Crippen LogP contribution < -0.4 is 4.74 Å². The number of aryl methyl sites for hydroxylation is 1. The molecule has 2 aromatic heterocycles. The van der Waals surface area contributed by atoms with E-state index in [1.54, 1.807) is 11.8 Å². The number of aromatic nitrogens is 4. The average Bonchev–Trinajstić information content (AvgIpc) is 3.16. The molecule has 120 valence electrons. The van der Waals surface area contributed by atoms with Crippen LogP contribution in [0.2, 0.25) is 0 Å². The van der Waals surface area contributed by atoms with Crippen molar-refractivity contribution in [2.75, 3.05) is 14.2 Å². The molecule has 0 atom stereocenters. The zero-order valence-electron chi connectivity index (χ0n) is 13.4. The van der Waals surface area contributed by atoms with Crippen LogP contribution in [0, 0.1) is 0 Å². The van der Waals surface area contributed by atoms with Gasteiger partial charge in [0.05, 0.1) is 19.9 Å². The molecule has 0 spiro atoms. The van der Waals surface area contributed by atoms with Crippen molar-refractivity contribution < 1.29 is 9.26 Å². The van der Waals surface area contributed by atoms with Crippen LogP contribution in [0.15, 0.2) is 41.2 Å². The van der Waals surface area contributed by atoms with E-state index in [0.717, 1.165) is 23.4 Å². The fraction of sp³-hybridized carbons (Fsp3) is 0.312. The molecule has 7 heteroatoms. The van der Waals surface area contributed by atoms with Crippen LogP contribution in [-0.2, 0) is 20.1 Å². The van der Waals surface area contributed by atoms with Crippen molar-refractivity contribution in [3.63, 3.8) is 0 Å². The van der Waals surface area contributed by atoms with Crippen LogP contribution >= 0.6 is 0 Å². The summed E-state index contributed by atoms with van der Waals surface area (Å²) in [5, 5.41) is 8.21. The molecule has 0 unspecified atom stereocenters. The highest BCUT2D eigenvalue weighted by Crippen LogP contribution is 2.21. The van der Waals surface area contributed by atoms with Gasteiger partial charge < -0.3 is 9.26 Å². The van der Waals surface area contributed by atoms with E-state index in [4.69, 9.17) is 9.26 Å².